The number of nitro groups is 1. The zero-order valence-electron chi connectivity index (χ0n) is 13.1. The van der Waals surface area contributed by atoms with Gasteiger partial charge >= 0.3 is 11.9 Å². The van der Waals surface area contributed by atoms with Gasteiger partial charge in [0.25, 0.3) is 5.69 Å². The van der Waals surface area contributed by atoms with Gasteiger partial charge in [-0.1, -0.05) is 0 Å². The second-order valence-electron chi connectivity index (χ2n) is 4.37. The van der Waals surface area contributed by atoms with Gasteiger partial charge in [0.1, 0.15) is 0 Å². The first kappa shape index (κ1) is 18.1. The Hall–Kier alpha value is -2.90. The number of benzene rings is 1. The molecule has 0 fully saturated rings. The van der Waals surface area contributed by atoms with E-state index in [2.05, 4.69) is 5.32 Å². The Kier molecular flexibility index (Phi) is 6.72. The number of non-ortho nitro benzene ring substituents is 1. The van der Waals surface area contributed by atoms with Crippen molar-refractivity contribution in [2.75, 3.05) is 18.5 Å². The van der Waals surface area contributed by atoms with Gasteiger partial charge in [0.2, 0.25) is 0 Å². The number of esters is 2. The van der Waals surface area contributed by atoms with Crippen molar-refractivity contribution in [2.45, 2.75) is 20.8 Å². The molecule has 0 atom stereocenters. The number of rotatable bonds is 7. The van der Waals surface area contributed by atoms with E-state index < -0.39 is 16.9 Å². The molecule has 0 spiro atoms. The van der Waals surface area contributed by atoms with Crippen molar-refractivity contribution in [3.05, 3.63) is 45.6 Å². The second kappa shape index (κ2) is 8.52. The number of hydrogen-bond acceptors (Lipinski definition) is 7. The number of nitro benzene ring substituents is 1. The highest BCUT2D eigenvalue weighted by Crippen LogP contribution is 2.18. The summed E-state index contributed by atoms with van der Waals surface area (Å²) in [6.07, 6.45) is 0. The molecule has 23 heavy (non-hydrogen) atoms. The topological polar surface area (TPSA) is 108 Å². The van der Waals surface area contributed by atoms with Gasteiger partial charge in [0.05, 0.1) is 18.1 Å². The van der Waals surface area contributed by atoms with Crippen LogP contribution in [0.25, 0.3) is 0 Å². The van der Waals surface area contributed by atoms with Gasteiger partial charge in [-0.3, -0.25) is 10.1 Å². The zero-order valence-corrected chi connectivity index (χ0v) is 13.1. The number of ether oxygens (including phenoxy) is 2. The van der Waals surface area contributed by atoms with Gasteiger partial charge in [-0.2, -0.15) is 0 Å². The number of anilines is 1. The van der Waals surface area contributed by atoms with Crippen molar-refractivity contribution < 1.29 is 24.0 Å². The molecule has 8 nitrogen and oxygen atoms in total. The summed E-state index contributed by atoms with van der Waals surface area (Å²) in [6.45, 7) is 5.00. The van der Waals surface area contributed by atoms with Crippen molar-refractivity contribution in [3.8, 4) is 0 Å². The van der Waals surface area contributed by atoms with E-state index >= 15 is 0 Å². The first-order valence-corrected chi connectivity index (χ1v) is 6.97. The normalized spacial score (nSPS) is 9.70. The first-order chi connectivity index (χ1) is 10.9. The summed E-state index contributed by atoms with van der Waals surface area (Å²) in [7, 11) is 0. The average molecular weight is 322 g/mol. The fourth-order valence-electron chi connectivity index (χ4n) is 1.74. The fraction of sp³-hybridized carbons (Fsp3) is 0.333. The van der Waals surface area contributed by atoms with Gasteiger partial charge < -0.3 is 14.8 Å². The zero-order chi connectivity index (χ0) is 17.4. The highest BCUT2D eigenvalue weighted by Gasteiger charge is 2.24. The van der Waals surface area contributed by atoms with E-state index in [1.807, 2.05) is 0 Å². The Morgan fingerprint density at radius 1 is 1.09 bits per heavy atom. The molecule has 124 valence electrons. The highest BCUT2D eigenvalue weighted by atomic mass is 16.6. The van der Waals surface area contributed by atoms with Crippen LogP contribution in [-0.4, -0.2) is 30.1 Å². The smallest absolute Gasteiger partial charge is 0.347 e. The molecule has 0 aliphatic heterocycles. The lowest BCUT2D eigenvalue weighted by atomic mass is 10.2. The lowest BCUT2D eigenvalue weighted by Gasteiger charge is -2.12. The SMILES string of the molecule is CCOC(=O)C(C(=O)OCC)=C(C)Nc1ccc([N+](=O)[O-])cc1. The molecule has 0 saturated heterocycles. The Labute approximate surface area is 133 Å². The minimum atomic E-state index is -0.794. The molecule has 0 aromatic heterocycles. The Bertz CT molecular complexity index is 601. The van der Waals surface area contributed by atoms with Crippen molar-refractivity contribution in [1.82, 2.24) is 0 Å². The van der Waals surface area contributed by atoms with Crippen LogP contribution in [0.1, 0.15) is 20.8 Å². The van der Waals surface area contributed by atoms with Crippen LogP contribution < -0.4 is 5.32 Å². The predicted molar refractivity (Wildman–Crippen MR) is 82.7 cm³/mol. The van der Waals surface area contributed by atoms with E-state index in [4.69, 9.17) is 9.47 Å². The summed E-state index contributed by atoms with van der Waals surface area (Å²) >= 11 is 0. The van der Waals surface area contributed by atoms with Gasteiger partial charge in [-0.25, -0.2) is 9.59 Å². The monoisotopic (exact) mass is 322 g/mol. The third-order valence-corrected chi connectivity index (χ3v) is 2.74. The predicted octanol–water partition coefficient (Wildman–Crippen LogP) is 2.41. The summed E-state index contributed by atoms with van der Waals surface area (Å²) in [5.41, 5.74) is 0.412. The summed E-state index contributed by atoms with van der Waals surface area (Å²) in [4.78, 5) is 33.9. The van der Waals surface area contributed by atoms with Crippen molar-refractivity contribution in [1.29, 1.82) is 0 Å². The molecule has 1 aromatic carbocycles. The van der Waals surface area contributed by atoms with Crippen molar-refractivity contribution in [2.24, 2.45) is 0 Å². The molecular formula is C15H18N2O6. The molecule has 1 aromatic rings. The Balaban J connectivity index is 3.06. The molecule has 0 amide bonds. The van der Waals surface area contributed by atoms with Crippen molar-refractivity contribution in [3.63, 3.8) is 0 Å². The molecule has 1 rings (SSSR count). The maximum atomic E-state index is 11.9. The number of hydrogen-bond donors (Lipinski definition) is 1. The second-order valence-corrected chi connectivity index (χ2v) is 4.37. The molecule has 8 heteroatoms. The molecular weight excluding hydrogens is 304 g/mol. The highest BCUT2D eigenvalue weighted by molar-refractivity contribution is 6.15. The minimum absolute atomic E-state index is 0.0619. The lowest BCUT2D eigenvalue weighted by molar-refractivity contribution is -0.384. The van der Waals surface area contributed by atoms with E-state index in [0.29, 0.717) is 5.69 Å². The van der Waals surface area contributed by atoms with Crippen LogP contribution in [0.15, 0.2) is 35.5 Å². The van der Waals surface area contributed by atoms with Crippen LogP contribution in [0.3, 0.4) is 0 Å². The molecule has 0 heterocycles. The van der Waals surface area contributed by atoms with Crippen LogP contribution in [0.4, 0.5) is 11.4 Å². The Morgan fingerprint density at radius 2 is 1.57 bits per heavy atom. The number of allylic oxidation sites excluding steroid dienone is 1. The fourth-order valence-corrected chi connectivity index (χ4v) is 1.74. The number of nitrogens with zero attached hydrogens (tertiary/aromatic N) is 1. The minimum Gasteiger partial charge on any atom is -0.462 e. The number of carbonyl (C=O) groups is 2. The van der Waals surface area contributed by atoms with Gasteiger partial charge in [-0.15, -0.1) is 0 Å². The van der Waals surface area contributed by atoms with Gasteiger partial charge in [0.15, 0.2) is 5.57 Å². The molecule has 0 bridgehead atoms. The molecule has 0 radical (unpaired) electrons. The largest absolute Gasteiger partial charge is 0.462 e. The molecule has 0 aliphatic rings. The van der Waals surface area contributed by atoms with E-state index in [9.17, 15) is 19.7 Å². The first-order valence-electron chi connectivity index (χ1n) is 6.97. The maximum Gasteiger partial charge on any atom is 0.347 e. The molecule has 0 aliphatic carbocycles. The molecule has 1 N–H and O–H groups in total. The average Bonchev–Trinajstić information content (AvgIpc) is 2.48. The summed E-state index contributed by atoms with van der Waals surface area (Å²) < 4.78 is 9.71. The van der Waals surface area contributed by atoms with Crippen LogP contribution in [0.2, 0.25) is 0 Å². The number of carbonyl (C=O) groups excluding carboxylic acids is 2. The van der Waals surface area contributed by atoms with Gasteiger partial charge in [-0.05, 0) is 32.9 Å². The van der Waals surface area contributed by atoms with E-state index in [-0.39, 0.29) is 30.2 Å². The third-order valence-electron chi connectivity index (χ3n) is 2.74. The standard InChI is InChI=1S/C15H18N2O6/c1-4-22-14(18)13(15(19)23-5-2)10(3)16-11-6-8-12(9-7-11)17(20)21/h6-9,16H,4-5H2,1-3H3. The summed E-state index contributed by atoms with van der Waals surface area (Å²) in [5.74, 6) is -1.59. The van der Waals surface area contributed by atoms with E-state index in [1.165, 1.54) is 31.2 Å². The lowest BCUT2D eigenvalue weighted by Crippen LogP contribution is -2.22. The third kappa shape index (κ3) is 5.10. The maximum absolute atomic E-state index is 11.9. The number of nitrogens with one attached hydrogen (secondary N) is 1. The van der Waals surface area contributed by atoms with Gasteiger partial charge in [0, 0.05) is 23.5 Å². The van der Waals surface area contributed by atoms with Crippen LogP contribution in [0, 0.1) is 10.1 Å². The van der Waals surface area contributed by atoms with E-state index in [0.717, 1.165) is 0 Å². The summed E-state index contributed by atoms with van der Waals surface area (Å²) in [5, 5.41) is 13.5. The summed E-state index contributed by atoms with van der Waals surface area (Å²) in [6, 6.07) is 5.55. The molecule has 0 unspecified atom stereocenters. The van der Waals surface area contributed by atoms with Crippen molar-refractivity contribution >= 4 is 23.3 Å². The van der Waals surface area contributed by atoms with Crippen LogP contribution >= 0.6 is 0 Å². The van der Waals surface area contributed by atoms with Crippen LogP contribution in [0.5, 0.6) is 0 Å². The Morgan fingerprint density at radius 3 is 1.96 bits per heavy atom. The van der Waals surface area contributed by atoms with E-state index in [1.54, 1.807) is 13.8 Å². The van der Waals surface area contributed by atoms with Crippen LogP contribution in [-0.2, 0) is 19.1 Å². The quantitative estimate of drug-likeness (QED) is 0.205. The molecule has 0 saturated carbocycles.